The fraction of sp³-hybridized carbons (Fsp3) is 0.176. The summed E-state index contributed by atoms with van der Waals surface area (Å²) in [6, 6.07) is 17.1. The Labute approximate surface area is 124 Å². The van der Waals surface area contributed by atoms with Crippen molar-refractivity contribution >= 4 is 17.9 Å². The lowest BCUT2D eigenvalue weighted by Gasteiger charge is -2.05. The third-order valence-electron chi connectivity index (χ3n) is 2.66. The second-order valence-electron chi connectivity index (χ2n) is 4.26. The quantitative estimate of drug-likeness (QED) is 0.603. The first-order valence-corrected chi connectivity index (χ1v) is 6.75. The largest absolute Gasteiger partial charge is 0.482 e. The summed E-state index contributed by atoms with van der Waals surface area (Å²) >= 11 is 0. The van der Waals surface area contributed by atoms with Crippen LogP contribution in [0.1, 0.15) is 12.5 Å². The van der Waals surface area contributed by atoms with Gasteiger partial charge < -0.3 is 9.47 Å². The summed E-state index contributed by atoms with van der Waals surface area (Å²) in [5.41, 5.74) is 1.86. The van der Waals surface area contributed by atoms with Crippen LogP contribution in [0.3, 0.4) is 0 Å². The lowest BCUT2D eigenvalue weighted by Crippen LogP contribution is -2.14. The Morgan fingerprint density at radius 1 is 1.10 bits per heavy atom. The van der Waals surface area contributed by atoms with Crippen LogP contribution < -0.4 is 4.74 Å². The molecule has 2 aromatic carbocycles. The van der Waals surface area contributed by atoms with E-state index < -0.39 is 0 Å². The van der Waals surface area contributed by atoms with E-state index in [9.17, 15) is 4.79 Å². The molecule has 0 amide bonds. The molecule has 2 rings (SSSR count). The van der Waals surface area contributed by atoms with E-state index in [-0.39, 0.29) is 12.6 Å². The summed E-state index contributed by atoms with van der Waals surface area (Å²) < 4.78 is 10.1. The van der Waals surface area contributed by atoms with E-state index in [2.05, 4.69) is 4.99 Å². The molecule has 21 heavy (non-hydrogen) atoms. The Balaban J connectivity index is 1.90. The van der Waals surface area contributed by atoms with Crippen molar-refractivity contribution in [2.24, 2.45) is 4.99 Å². The molecule has 0 atom stereocenters. The number of rotatable bonds is 6. The highest BCUT2D eigenvalue weighted by Crippen LogP contribution is 2.13. The van der Waals surface area contributed by atoms with E-state index in [1.165, 1.54) is 0 Å². The van der Waals surface area contributed by atoms with Crippen molar-refractivity contribution in [1.82, 2.24) is 0 Å². The third-order valence-corrected chi connectivity index (χ3v) is 2.66. The van der Waals surface area contributed by atoms with Crippen molar-refractivity contribution in [3.63, 3.8) is 0 Å². The van der Waals surface area contributed by atoms with Gasteiger partial charge in [-0.2, -0.15) is 0 Å². The first-order chi connectivity index (χ1) is 10.3. The fourth-order valence-corrected chi connectivity index (χ4v) is 1.66. The molecule has 4 nitrogen and oxygen atoms in total. The van der Waals surface area contributed by atoms with Crippen molar-refractivity contribution in [1.29, 1.82) is 0 Å². The van der Waals surface area contributed by atoms with Crippen molar-refractivity contribution < 1.29 is 14.3 Å². The molecule has 4 heteroatoms. The molecule has 0 fully saturated rings. The van der Waals surface area contributed by atoms with Gasteiger partial charge >= 0.3 is 5.97 Å². The molecule has 0 aliphatic heterocycles. The number of hydrogen-bond donors (Lipinski definition) is 0. The van der Waals surface area contributed by atoms with Crippen LogP contribution in [-0.2, 0) is 9.53 Å². The molecule has 0 N–H and O–H groups in total. The molecule has 2 aromatic rings. The predicted molar refractivity (Wildman–Crippen MR) is 82.3 cm³/mol. The monoisotopic (exact) mass is 283 g/mol. The summed E-state index contributed by atoms with van der Waals surface area (Å²) in [6.07, 6.45) is 1.78. The molecule has 0 saturated carbocycles. The van der Waals surface area contributed by atoms with Gasteiger partial charge in [0, 0.05) is 6.21 Å². The van der Waals surface area contributed by atoms with Crippen molar-refractivity contribution in [3.05, 3.63) is 60.2 Å². The fourth-order valence-electron chi connectivity index (χ4n) is 1.66. The summed E-state index contributed by atoms with van der Waals surface area (Å²) in [4.78, 5) is 15.5. The van der Waals surface area contributed by atoms with Crippen LogP contribution in [0.5, 0.6) is 5.75 Å². The van der Waals surface area contributed by atoms with Crippen molar-refractivity contribution in [2.45, 2.75) is 6.92 Å². The summed E-state index contributed by atoms with van der Waals surface area (Å²) in [6.45, 7) is 2.04. The first-order valence-electron chi connectivity index (χ1n) is 6.75. The molecule has 0 spiro atoms. The number of ether oxygens (including phenoxy) is 2. The van der Waals surface area contributed by atoms with Crippen molar-refractivity contribution in [3.8, 4) is 5.75 Å². The highest BCUT2D eigenvalue weighted by atomic mass is 16.6. The van der Waals surface area contributed by atoms with E-state index in [4.69, 9.17) is 9.47 Å². The maximum Gasteiger partial charge on any atom is 0.344 e. The summed E-state index contributed by atoms with van der Waals surface area (Å²) in [5.74, 6) is 0.257. The van der Waals surface area contributed by atoms with Crippen LogP contribution in [0.4, 0.5) is 5.69 Å². The molecule has 0 unspecified atom stereocenters. The number of hydrogen-bond acceptors (Lipinski definition) is 4. The van der Waals surface area contributed by atoms with Gasteiger partial charge in [0.25, 0.3) is 0 Å². The SMILES string of the molecule is CCOC(=O)COc1ccc(/C=N/c2ccccc2)cc1. The molecule has 0 radical (unpaired) electrons. The number of para-hydroxylation sites is 1. The molecule has 0 aromatic heterocycles. The summed E-state index contributed by atoms with van der Waals surface area (Å²) in [5, 5.41) is 0. The van der Waals surface area contributed by atoms with Crippen LogP contribution in [0.15, 0.2) is 59.6 Å². The topological polar surface area (TPSA) is 47.9 Å². The van der Waals surface area contributed by atoms with Crippen LogP contribution >= 0.6 is 0 Å². The number of aliphatic imine (C=N–C) groups is 1. The number of benzene rings is 2. The van der Waals surface area contributed by atoms with Gasteiger partial charge in [-0.05, 0) is 48.9 Å². The lowest BCUT2D eigenvalue weighted by atomic mass is 10.2. The normalized spacial score (nSPS) is 10.5. The van der Waals surface area contributed by atoms with Gasteiger partial charge in [-0.1, -0.05) is 18.2 Å². The van der Waals surface area contributed by atoms with Gasteiger partial charge in [-0.15, -0.1) is 0 Å². The van der Waals surface area contributed by atoms with E-state index in [1.54, 1.807) is 25.3 Å². The third kappa shape index (κ3) is 5.10. The zero-order valence-electron chi connectivity index (χ0n) is 11.9. The Bertz CT molecular complexity index is 591. The number of nitrogens with zero attached hydrogens (tertiary/aromatic N) is 1. The minimum absolute atomic E-state index is 0.0781. The predicted octanol–water partition coefficient (Wildman–Crippen LogP) is 3.38. The number of carbonyl (C=O) groups excluding carboxylic acids is 1. The molecule has 108 valence electrons. The maximum absolute atomic E-state index is 11.2. The summed E-state index contributed by atoms with van der Waals surface area (Å²) in [7, 11) is 0. The minimum atomic E-state index is -0.368. The first kappa shape index (κ1) is 14.8. The second kappa shape index (κ2) is 7.85. The zero-order chi connectivity index (χ0) is 14.9. The van der Waals surface area contributed by atoms with Crippen molar-refractivity contribution in [2.75, 3.05) is 13.2 Å². The molecule has 0 heterocycles. The average Bonchev–Trinajstić information content (AvgIpc) is 2.53. The van der Waals surface area contributed by atoms with E-state index in [0.29, 0.717) is 12.4 Å². The van der Waals surface area contributed by atoms with Gasteiger partial charge in [0.1, 0.15) is 5.75 Å². The van der Waals surface area contributed by atoms with Gasteiger partial charge in [-0.25, -0.2) is 4.79 Å². The van der Waals surface area contributed by atoms with Crippen LogP contribution in [0.2, 0.25) is 0 Å². The molecular formula is C17H17NO3. The molecule has 0 bridgehead atoms. The van der Waals surface area contributed by atoms with Gasteiger partial charge in [0.2, 0.25) is 0 Å². The van der Waals surface area contributed by atoms with E-state index in [1.807, 2.05) is 42.5 Å². The molecule has 0 saturated heterocycles. The molecular weight excluding hydrogens is 266 g/mol. The van der Waals surface area contributed by atoms with Crippen LogP contribution in [-0.4, -0.2) is 25.4 Å². The molecule has 0 aliphatic rings. The standard InChI is InChI=1S/C17H17NO3/c1-2-20-17(19)13-21-16-10-8-14(9-11-16)12-18-15-6-4-3-5-7-15/h3-12H,2,13H2,1H3/b18-12+. The highest BCUT2D eigenvalue weighted by molar-refractivity contribution is 5.82. The number of carbonyl (C=O) groups is 1. The van der Waals surface area contributed by atoms with Gasteiger partial charge in [-0.3, -0.25) is 4.99 Å². The van der Waals surface area contributed by atoms with Gasteiger partial charge in [0.05, 0.1) is 12.3 Å². The van der Waals surface area contributed by atoms with Gasteiger partial charge in [0.15, 0.2) is 6.61 Å². The minimum Gasteiger partial charge on any atom is -0.482 e. The molecule has 0 aliphatic carbocycles. The Morgan fingerprint density at radius 3 is 2.48 bits per heavy atom. The number of esters is 1. The Morgan fingerprint density at radius 2 is 1.81 bits per heavy atom. The smallest absolute Gasteiger partial charge is 0.344 e. The second-order valence-corrected chi connectivity index (χ2v) is 4.26. The Hall–Kier alpha value is -2.62. The maximum atomic E-state index is 11.2. The highest BCUT2D eigenvalue weighted by Gasteiger charge is 2.02. The van der Waals surface area contributed by atoms with Crippen LogP contribution in [0.25, 0.3) is 0 Å². The zero-order valence-corrected chi connectivity index (χ0v) is 11.9. The van der Waals surface area contributed by atoms with E-state index >= 15 is 0 Å². The lowest BCUT2D eigenvalue weighted by molar-refractivity contribution is -0.145. The Kier molecular flexibility index (Phi) is 5.52. The average molecular weight is 283 g/mol. The van der Waals surface area contributed by atoms with Crippen LogP contribution in [0, 0.1) is 0 Å². The van der Waals surface area contributed by atoms with E-state index in [0.717, 1.165) is 11.3 Å².